The van der Waals surface area contributed by atoms with Crippen molar-refractivity contribution in [3.63, 3.8) is 0 Å². The van der Waals surface area contributed by atoms with E-state index in [0.29, 0.717) is 6.04 Å². The molecule has 0 aromatic carbocycles. The van der Waals surface area contributed by atoms with Crippen LogP contribution in [0.1, 0.15) is 37.9 Å². The molecule has 2 aliphatic rings. The van der Waals surface area contributed by atoms with Gasteiger partial charge in [0.25, 0.3) is 0 Å². The quantitative estimate of drug-likeness (QED) is 0.908. The fourth-order valence-corrected chi connectivity index (χ4v) is 2.99. The van der Waals surface area contributed by atoms with Crippen molar-refractivity contribution in [2.24, 2.45) is 7.05 Å². The number of hydrogen-bond acceptors (Lipinski definition) is 4. The molecule has 1 aliphatic carbocycles. The molecule has 1 aliphatic heterocycles. The van der Waals surface area contributed by atoms with E-state index < -0.39 is 0 Å². The minimum absolute atomic E-state index is 0.283. The number of ether oxygens (including phenoxy) is 1. The van der Waals surface area contributed by atoms with Crippen molar-refractivity contribution < 1.29 is 4.74 Å². The molecule has 0 amide bonds. The molecule has 2 heterocycles. The number of aromatic nitrogens is 2. The van der Waals surface area contributed by atoms with Crippen LogP contribution in [-0.4, -0.2) is 41.1 Å². The Bertz CT molecular complexity index is 480. The molecule has 1 saturated carbocycles. The number of nitrogens with zero attached hydrogens (tertiary/aromatic N) is 3. The maximum Gasteiger partial charge on any atom is 0.131 e. The normalized spacial score (nSPS) is 27.1. The van der Waals surface area contributed by atoms with Crippen molar-refractivity contribution in [1.82, 2.24) is 15.1 Å². The Hall–Kier alpha value is -1.07. The summed E-state index contributed by atoms with van der Waals surface area (Å²) in [7, 11) is 2.05. The van der Waals surface area contributed by atoms with Crippen molar-refractivity contribution in [2.45, 2.75) is 58.3 Å². The van der Waals surface area contributed by atoms with Gasteiger partial charge in [0.1, 0.15) is 5.82 Å². The van der Waals surface area contributed by atoms with E-state index >= 15 is 0 Å². The van der Waals surface area contributed by atoms with Gasteiger partial charge in [0, 0.05) is 31.7 Å². The van der Waals surface area contributed by atoms with Crippen LogP contribution >= 0.6 is 0 Å². The zero-order valence-electron chi connectivity index (χ0n) is 13.0. The highest BCUT2D eigenvalue weighted by molar-refractivity contribution is 5.51. The van der Waals surface area contributed by atoms with Crippen LogP contribution in [0.25, 0.3) is 0 Å². The Morgan fingerprint density at radius 1 is 1.35 bits per heavy atom. The molecule has 2 fully saturated rings. The second-order valence-corrected chi connectivity index (χ2v) is 6.31. The van der Waals surface area contributed by atoms with E-state index in [0.717, 1.165) is 31.4 Å². The third-order valence-electron chi connectivity index (χ3n) is 4.34. The average Bonchev–Trinajstić information content (AvgIpc) is 3.17. The Kier molecular flexibility index (Phi) is 3.73. The van der Waals surface area contributed by atoms with E-state index in [4.69, 9.17) is 4.74 Å². The topological polar surface area (TPSA) is 42.3 Å². The van der Waals surface area contributed by atoms with Crippen molar-refractivity contribution in [1.29, 1.82) is 0 Å². The Balaban J connectivity index is 1.85. The summed E-state index contributed by atoms with van der Waals surface area (Å²) in [6.45, 7) is 9.15. The minimum atomic E-state index is 0.283. The lowest BCUT2D eigenvalue weighted by Gasteiger charge is -2.38. The minimum Gasteiger partial charge on any atom is -0.375 e. The van der Waals surface area contributed by atoms with Crippen LogP contribution in [0.2, 0.25) is 0 Å². The third-order valence-corrected chi connectivity index (χ3v) is 4.34. The van der Waals surface area contributed by atoms with Crippen LogP contribution in [0.15, 0.2) is 0 Å². The zero-order valence-corrected chi connectivity index (χ0v) is 13.0. The Morgan fingerprint density at radius 3 is 2.80 bits per heavy atom. The molecule has 5 heteroatoms. The first-order valence-electron chi connectivity index (χ1n) is 7.70. The van der Waals surface area contributed by atoms with Crippen molar-refractivity contribution >= 4 is 5.82 Å². The molecule has 0 spiro atoms. The van der Waals surface area contributed by atoms with Crippen LogP contribution < -0.4 is 10.2 Å². The zero-order chi connectivity index (χ0) is 14.3. The summed E-state index contributed by atoms with van der Waals surface area (Å²) in [4.78, 5) is 2.46. The smallest absolute Gasteiger partial charge is 0.131 e. The van der Waals surface area contributed by atoms with Gasteiger partial charge in [-0.2, -0.15) is 5.10 Å². The number of hydrogen-bond donors (Lipinski definition) is 1. The molecule has 2 atom stereocenters. The van der Waals surface area contributed by atoms with Gasteiger partial charge < -0.3 is 15.0 Å². The van der Waals surface area contributed by atoms with E-state index in [1.165, 1.54) is 24.2 Å². The largest absolute Gasteiger partial charge is 0.375 e. The highest BCUT2D eigenvalue weighted by Crippen LogP contribution is 2.29. The summed E-state index contributed by atoms with van der Waals surface area (Å²) < 4.78 is 7.79. The lowest BCUT2D eigenvalue weighted by atomic mass is 10.1. The molecule has 1 aromatic rings. The molecule has 5 nitrogen and oxygen atoms in total. The molecule has 20 heavy (non-hydrogen) atoms. The van der Waals surface area contributed by atoms with E-state index in [-0.39, 0.29) is 6.10 Å². The third kappa shape index (κ3) is 2.69. The van der Waals surface area contributed by atoms with Crippen molar-refractivity contribution in [2.75, 3.05) is 18.1 Å². The van der Waals surface area contributed by atoms with Gasteiger partial charge in [-0.15, -0.1) is 0 Å². The summed E-state index contributed by atoms with van der Waals surface area (Å²) in [6.07, 6.45) is 2.92. The van der Waals surface area contributed by atoms with E-state index in [1.807, 2.05) is 4.68 Å². The highest BCUT2D eigenvalue weighted by Gasteiger charge is 2.29. The number of nitrogens with one attached hydrogen (secondary N) is 1. The van der Waals surface area contributed by atoms with Gasteiger partial charge in [0.2, 0.25) is 0 Å². The van der Waals surface area contributed by atoms with Gasteiger partial charge in [0.05, 0.1) is 24.4 Å². The van der Waals surface area contributed by atoms with Gasteiger partial charge in [-0.05, 0) is 33.6 Å². The molecule has 0 radical (unpaired) electrons. The van der Waals surface area contributed by atoms with Gasteiger partial charge in [0.15, 0.2) is 0 Å². The predicted molar refractivity (Wildman–Crippen MR) is 80.0 cm³/mol. The number of rotatable bonds is 4. The Morgan fingerprint density at radius 2 is 2.10 bits per heavy atom. The molecule has 1 aromatic heterocycles. The molecule has 3 rings (SSSR count). The number of anilines is 1. The van der Waals surface area contributed by atoms with Gasteiger partial charge in [-0.3, -0.25) is 4.68 Å². The number of morpholine rings is 1. The standard InChI is InChI=1S/C15H26N4O/c1-10-9-20-11(2)8-19(10)15-14(7-16-13-5-6-13)12(3)17-18(15)4/h10-11,13,16H,5-9H2,1-4H3. The lowest BCUT2D eigenvalue weighted by Crippen LogP contribution is -2.48. The number of aryl methyl sites for hydroxylation is 2. The molecule has 1 saturated heterocycles. The van der Waals surface area contributed by atoms with Crippen LogP contribution in [0.4, 0.5) is 5.82 Å². The van der Waals surface area contributed by atoms with Crippen LogP contribution in [0.3, 0.4) is 0 Å². The predicted octanol–water partition coefficient (Wildman–Crippen LogP) is 1.59. The molecule has 0 bridgehead atoms. The SMILES string of the molecule is Cc1nn(C)c(N2CC(C)OCC2C)c1CNC1CC1. The second kappa shape index (κ2) is 5.37. The van der Waals surface area contributed by atoms with Crippen molar-refractivity contribution in [3.05, 3.63) is 11.3 Å². The highest BCUT2D eigenvalue weighted by atomic mass is 16.5. The summed E-state index contributed by atoms with van der Waals surface area (Å²) in [6, 6.07) is 1.13. The van der Waals surface area contributed by atoms with Crippen molar-refractivity contribution in [3.8, 4) is 0 Å². The molecule has 1 N–H and O–H groups in total. The maximum atomic E-state index is 5.75. The van der Waals surface area contributed by atoms with Crippen LogP contribution in [0, 0.1) is 6.92 Å². The first-order valence-corrected chi connectivity index (χ1v) is 7.70. The van der Waals surface area contributed by atoms with Crippen LogP contribution in [-0.2, 0) is 18.3 Å². The lowest BCUT2D eigenvalue weighted by molar-refractivity contribution is 0.0337. The van der Waals surface area contributed by atoms with Gasteiger partial charge in [-0.25, -0.2) is 0 Å². The first kappa shape index (κ1) is 13.9. The molecular formula is C15H26N4O. The Labute approximate surface area is 121 Å². The molecule has 2 unspecified atom stereocenters. The summed E-state index contributed by atoms with van der Waals surface area (Å²) in [5.41, 5.74) is 2.49. The van der Waals surface area contributed by atoms with Gasteiger partial charge in [-0.1, -0.05) is 0 Å². The summed E-state index contributed by atoms with van der Waals surface area (Å²) in [5.74, 6) is 1.26. The van der Waals surface area contributed by atoms with Crippen LogP contribution in [0.5, 0.6) is 0 Å². The van der Waals surface area contributed by atoms with E-state index in [1.54, 1.807) is 0 Å². The van der Waals surface area contributed by atoms with E-state index in [2.05, 4.69) is 43.1 Å². The molecular weight excluding hydrogens is 252 g/mol. The second-order valence-electron chi connectivity index (χ2n) is 6.31. The fourth-order valence-electron chi connectivity index (χ4n) is 2.99. The van der Waals surface area contributed by atoms with E-state index in [9.17, 15) is 0 Å². The average molecular weight is 278 g/mol. The summed E-state index contributed by atoms with van der Waals surface area (Å²) in [5, 5.41) is 8.26. The maximum absolute atomic E-state index is 5.75. The molecule has 112 valence electrons. The first-order chi connectivity index (χ1) is 9.56. The summed E-state index contributed by atoms with van der Waals surface area (Å²) >= 11 is 0. The fraction of sp³-hybridized carbons (Fsp3) is 0.800. The van der Waals surface area contributed by atoms with Gasteiger partial charge >= 0.3 is 0 Å². The monoisotopic (exact) mass is 278 g/mol.